The number of nitro groups is 1. The molecule has 2 rings (SSSR count). The standard InChI is InChI=1S/C14H8ClFN2O3/c15-11-4-5-13(12(6-11)18(19)20)21-8-10-3-1-2-9(7-17)14(10)16/h1-6H,8H2. The van der Waals surface area contributed by atoms with Crippen LogP contribution in [0.2, 0.25) is 5.02 Å². The van der Waals surface area contributed by atoms with Gasteiger partial charge in [-0.1, -0.05) is 23.7 Å². The van der Waals surface area contributed by atoms with Crippen molar-refractivity contribution in [1.29, 1.82) is 5.26 Å². The Morgan fingerprint density at radius 2 is 2.14 bits per heavy atom. The Hall–Kier alpha value is -2.65. The number of halogens is 2. The topological polar surface area (TPSA) is 76.2 Å². The smallest absolute Gasteiger partial charge is 0.312 e. The monoisotopic (exact) mass is 306 g/mol. The van der Waals surface area contributed by atoms with E-state index in [-0.39, 0.29) is 34.2 Å². The molecular weight excluding hydrogens is 299 g/mol. The van der Waals surface area contributed by atoms with Crippen molar-refractivity contribution in [1.82, 2.24) is 0 Å². The molecule has 7 heteroatoms. The summed E-state index contributed by atoms with van der Waals surface area (Å²) in [6, 6.07) is 9.93. The van der Waals surface area contributed by atoms with E-state index in [1.165, 1.54) is 30.3 Å². The molecule has 0 radical (unpaired) electrons. The van der Waals surface area contributed by atoms with Gasteiger partial charge in [0.25, 0.3) is 0 Å². The van der Waals surface area contributed by atoms with Crippen LogP contribution < -0.4 is 4.74 Å². The average molecular weight is 307 g/mol. The van der Waals surface area contributed by atoms with E-state index in [1.807, 2.05) is 0 Å². The largest absolute Gasteiger partial charge is 0.482 e. The van der Waals surface area contributed by atoms with Gasteiger partial charge in [0.05, 0.1) is 10.5 Å². The van der Waals surface area contributed by atoms with Crippen LogP contribution in [0.5, 0.6) is 5.75 Å². The molecule has 0 spiro atoms. The summed E-state index contributed by atoms with van der Waals surface area (Å²) in [5.74, 6) is -0.720. The van der Waals surface area contributed by atoms with Crippen LogP contribution in [0.4, 0.5) is 10.1 Å². The molecule has 0 amide bonds. The second-order valence-corrected chi connectivity index (χ2v) is 4.48. The van der Waals surface area contributed by atoms with E-state index < -0.39 is 10.7 Å². The lowest BCUT2D eigenvalue weighted by molar-refractivity contribution is -0.385. The number of hydrogen-bond acceptors (Lipinski definition) is 4. The van der Waals surface area contributed by atoms with Crippen molar-refractivity contribution in [3.8, 4) is 11.8 Å². The molecular formula is C14H8ClFN2O3. The number of nitro benzene ring substituents is 1. The van der Waals surface area contributed by atoms with Gasteiger partial charge in [0, 0.05) is 16.7 Å². The average Bonchev–Trinajstić information content (AvgIpc) is 2.47. The summed E-state index contributed by atoms with van der Waals surface area (Å²) in [7, 11) is 0. The van der Waals surface area contributed by atoms with E-state index >= 15 is 0 Å². The molecule has 0 heterocycles. The second kappa shape index (κ2) is 6.20. The third kappa shape index (κ3) is 3.27. The van der Waals surface area contributed by atoms with E-state index in [2.05, 4.69) is 0 Å². The molecule has 106 valence electrons. The van der Waals surface area contributed by atoms with Gasteiger partial charge in [0.2, 0.25) is 0 Å². The summed E-state index contributed by atoms with van der Waals surface area (Å²) in [4.78, 5) is 10.3. The first-order valence-corrected chi connectivity index (χ1v) is 6.15. The van der Waals surface area contributed by atoms with Gasteiger partial charge in [0.1, 0.15) is 18.5 Å². The minimum Gasteiger partial charge on any atom is -0.482 e. The van der Waals surface area contributed by atoms with Gasteiger partial charge in [-0.2, -0.15) is 5.26 Å². The van der Waals surface area contributed by atoms with Crippen molar-refractivity contribution in [3.05, 3.63) is 68.5 Å². The molecule has 0 saturated heterocycles. The number of rotatable bonds is 4. The predicted octanol–water partition coefficient (Wildman–Crippen LogP) is 3.84. The zero-order valence-electron chi connectivity index (χ0n) is 10.5. The maximum Gasteiger partial charge on any atom is 0.312 e. The van der Waals surface area contributed by atoms with Gasteiger partial charge in [0.15, 0.2) is 5.75 Å². The van der Waals surface area contributed by atoms with Crippen LogP contribution in [-0.2, 0) is 6.61 Å². The fourth-order valence-corrected chi connectivity index (χ4v) is 1.85. The van der Waals surface area contributed by atoms with Gasteiger partial charge in [-0.3, -0.25) is 10.1 Å². The Morgan fingerprint density at radius 3 is 2.81 bits per heavy atom. The van der Waals surface area contributed by atoms with Gasteiger partial charge in [-0.15, -0.1) is 0 Å². The lowest BCUT2D eigenvalue weighted by Crippen LogP contribution is -2.02. The normalized spacial score (nSPS) is 9.95. The second-order valence-electron chi connectivity index (χ2n) is 4.05. The number of nitrogens with zero attached hydrogens (tertiary/aromatic N) is 2. The highest BCUT2D eigenvalue weighted by Crippen LogP contribution is 2.30. The van der Waals surface area contributed by atoms with Crippen LogP contribution in [0.1, 0.15) is 11.1 Å². The third-order valence-corrected chi connectivity index (χ3v) is 2.94. The Labute approximate surface area is 124 Å². The number of ether oxygens (including phenoxy) is 1. The third-order valence-electron chi connectivity index (χ3n) is 2.70. The van der Waals surface area contributed by atoms with Crippen molar-refractivity contribution in [2.45, 2.75) is 6.61 Å². The summed E-state index contributed by atoms with van der Waals surface area (Å²) in [6.45, 7) is -0.232. The fraction of sp³-hybridized carbons (Fsp3) is 0.0714. The molecule has 2 aromatic rings. The number of benzene rings is 2. The Bertz CT molecular complexity index is 743. The van der Waals surface area contributed by atoms with Crippen molar-refractivity contribution in [3.63, 3.8) is 0 Å². The van der Waals surface area contributed by atoms with Crippen LogP contribution in [0.3, 0.4) is 0 Å². The van der Waals surface area contributed by atoms with Crippen molar-refractivity contribution < 1.29 is 14.1 Å². The molecule has 0 atom stereocenters. The molecule has 0 aliphatic heterocycles. The van der Waals surface area contributed by atoms with Crippen LogP contribution in [0, 0.1) is 27.3 Å². The maximum atomic E-state index is 13.8. The molecule has 0 fully saturated rings. The summed E-state index contributed by atoms with van der Waals surface area (Å²) in [5.41, 5.74) is -0.278. The molecule has 0 bridgehead atoms. The highest BCUT2D eigenvalue weighted by Gasteiger charge is 2.16. The van der Waals surface area contributed by atoms with Gasteiger partial charge in [-0.05, 0) is 18.2 Å². The SMILES string of the molecule is N#Cc1cccc(COc2ccc(Cl)cc2[N+](=O)[O-])c1F. The Kier molecular flexibility index (Phi) is 4.36. The summed E-state index contributed by atoms with van der Waals surface area (Å²) in [5, 5.41) is 19.8. The van der Waals surface area contributed by atoms with Crippen molar-refractivity contribution >= 4 is 17.3 Å². The predicted molar refractivity (Wildman–Crippen MR) is 73.6 cm³/mol. The van der Waals surface area contributed by atoms with E-state index in [9.17, 15) is 14.5 Å². The summed E-state index contributed by atoms with van der Waals surface area (Å²) < 4.78 is 19.1. The first-order chi connectivity index (χ1) is 10.0. The summed E-state index contributed by atoms with van der Waals surface area (Å²) in [6.07, 6.45) is 0. The first-order valence-electron chi connectivity index (χ1n) is 5.77. The minimum absolute atomic E-state index is 0.0221. The Morgan fingerprint density at radius 1 is 1.38 bits per heavy atom. The van der Waals surface area contributed by atoms with Crippen molar-refractivity contribution in [2.75, 3.05) is 0 Å². The van der Waals surface area contributed by atoms with E-state index in [0.29, 0.717) is 0 Å². The molecule has 0 aliphatic rings. The van der Waals surface area contributed by atoms with Crippen LogP contribution in [0.15, 0.2) is 36.4 Å². The lowest BCUT2D eigenvalue weighted by atomic mass is 10.1. The fourth-order valence-electron chi connectivity index (χ4n) is 1.69. The molecule has 0 aliphatic carbocycles. The lowest BCUT2D eigenvalue weighted by Gasteiger charge is -2.08. The molecule has 0 unspecified atom stereocenters. The van der Waals surface area contributed by atoms with Gasteiger partial charge < -0.3 is 4.74 Å². The van der Waals surface area contributed by atoms with Crippen LogP contribution in [0.25, 0.3) is 0 Å². The van der Waals surface area contributed by atoms with E-state index in [4.69, 9.17) is 21.6 Å². The van der Waals surface area contributed by atoms with Crippen molar-refractivity contribution in [2.24, 2.45) is 0 Å². The quantitative estimate of drug-likeness (QED) is 0.635. The van der Waals surface area contributed by atoms with Crippen LogP contribution >= 0.6 is 11.6 Å². The maximum absolute atomic E-state index is 13.8. The van der Waals surface area contributed by atoms with Gasteiger partial charge >= 0.3 is 5.69 Å². The molecule has 5 nitrogen and oxygen atoms in total. The number of hydrogen-bond donors (Lipinski definition) is 0. The molecule has 2 aromatic carbocycles. The summed E-state index contributed by atoms with van der Waals surface area (Å²) >= 11 is 5.69. The highest BCUT2D eigenvalue weighted by atomic mass is 35.5. The first kappa shape index (κ1) is 14.8. The Balaban J connectivity index is 2.25. The van der Waals surface area contributed by atoms with E-state index in [0.717, 1.165) is 6.07 Å². The number of nitriles is 1. The molecule has 0 aromatic heterocycles. The zero-order valence-corrected chi connectivity index (χ0v) is 11.3. The molecule has 0 saturated carbocycles. The highest BCUT2D eigenvalue weighted by molar-refractivity contribution is 6.30. The zero-order chi connectivity index (χ0) is 15.4. The van der Waals surface area contributed by atoms with Gasteiger partial charge in [-0.25, -0.2) is 4.39 Å². The van der Waals surface area contributed by atoms with E-state index in [1.54, 1.807) is 6.07 Å². The minimum atomic E-state index is -0.698. The van der Waals surface area contributed by atoms with Crippen LogP contribution in [-0.4, -0.2) is 4.92 Å². The molecule has 21 heavy (non-hydrogen) atoms. The molecule has 0 N–H and O–H groups in total.